The van der Waals surface area contributed by atoms with Gasteiger partial charge in [-0.15, -0.1) is 0 Å². The number of carbonyl (C=O) groups excluding carboxylic acids is 1. The number of benzene rings is 2. The molecule has 4 N–H and O–H groups in total. The zero-order chi connectivity index (χ0) is 21.8. The van der Waals surface area contributed by atoms with Crippen molar-refractivity contribution in [1.29, 1.82) is 0 Å². The Hall–Kier alpha value is -3.06. The van der Waals surface area contributed by atoms with Crippen molar-refractivity contribution in [2.45, 2.75) is 56.7 Å². The third-order valence-electron chi connectivity index (χ3n) is 6.04. The maximum absolute atomic E-state index is 12.8. The van der Waals surface area contributed by atoms with Gasteiger partial charge >= 0.3 is 6.03 Å². The van der Waals surface area contributed by atoms with E-state index in [-0.39, 0.29) is 18.1 Å². The smallest absolute Gasteiger partial charge is 0.315 e. The van der Waals surface area contributed by atoms with E-state index >= 15 is 0 Å². The van der Waals surface area contributed by atoms with Gasteiger partial charge in [-0.1, -0.05) is 24.3 Å². The lowest BCUT2D eigenvalue weighted by Crippen LogP contribution is -2.47. The largest absolute Gasteiger partial charge is 0.497 e. The Morgan fingerprint density at radius 3 is 2.61 bits per heavy atom. The van der Waals surface area contributed by atoms with Gasteiger partial charge in [0.25, 0.3) is 0 Å². The zero-order valence-electron chi connectivity index (χ0n) is 18.0. The van der Waals surface area contributed by atoms with Gasteiger partial charge in [0.15, 0.2) is 0 Å². The van der Waals surface area contributed by atoms with Gasteiger partial charge in [0, 0.05) is 6.04 Å². The first-order valence-electron chi connectivity index (χ1n) is 10.8. The minimum absolute atomic E-state index is 0.0672. The number of nitrogens with zero attached hydrogens (tertiary/aromatic N) is 1. The summed E-state index contributed by atoms with van der Waals surface area (Å²) in [7, 11) is 1.64. The van der Waals surface area contributed by atoms with Gasteiger partial charge in [-0.05, 0) is 68.9 Å². The van der Waals surface area contributed by atoms with Crippen LogP contribution in [0.15, 0.2) is 48.5 Å². The number of carbonyl (C=O) groups is 1. The molecule has 7 heteroatoms. The molecular weight excluding hydrogens is 392 g/mol. The third kappa shape index (κ3) is 5.35. The summed E-state index contributed by atoms with van der Waals surface area (Å²) in [5.41, 5.74) is 2.25. The zero-order valence-corrected chi connectivity index (χ0v) is 18.0. The van der Waals surface area contributed by atoms with E-state index < -0.39 is 5.60 Å². The van der Waals surface area contributed by atoms with Crippen molar-refractivity contribution in [1.82, 2.24) is 20.6 Å². The molecule has 0 bridgehead atoms. The molecule has 4 rings (SSSR count). The molecule has 0 aliphatic heterocycles. The number of para-hydroxylation sites is 2. The molecular formula is C24H30N4O3. The summed E-state index contributed by atoms with van der Waals surface area (Å²) in [5.74, 6) is 1.52. The number of H-pyrrole nitrogens is 1. The predicted molar refractivity (Wildman–Crippen MR) is 120 cm³/mol. The average molecular weight is 423 g/mol. The van der Waals surface area contributed by atoms with Crippen molar-refractivity contribution in [3.05, 3.63) is 59.9 Å². The standard InChI is InChI=1S/C24H30N4O3/c1-24(30)13-11-17(12-14-24)25-23(29)28-21(15-16-7-9-18(31-2)10-8-16)22-26-19-5-3-4-6-20(19)27-22/h3-10,17,21,30H,11-15H2,1-2H3,(H,26,27)(H2,25,28,29)/t17-,21-,24-/m1/s1. The fraction of sp³-hybridized carbons (Fsp3) is 0.417. The molecule has 164 valence electrons. The van der Waals surface area contributed by atoms with E-state index in [9.17, 15) is 9.90 Å². The summed E-state index contributed by atoms with van der Waals surface area (Å²) < 4.78 is 5.25. The fourth-order valence-electron chi connectivity index (χ4n) is 4.12. The van der Waals surface area contributed by atoms with E-state index in [1.165, 1.54) is 0 Å². The predicted octanol–water partition coefficient (Wildman–Crippen LogP) is 3.85. The van der Waals surface area contributed by atoms with E-state index in [1.807, 2.05) is 55.5 Å². The number of nitrogens with one attached hydrogen (secondary N) is 3. The van der Waals surface area contributed by atoms with Crippen LogP contribution in [0, 0.1) is 0 Å². The second kappa shape index (κ2) is 8.98. The van der Waals surface area contributed by atoms with Gasteiger partial charge in [-0.2, -0.15) is 0 Å². The molecule has 1 saturated carbocycles. The van der Waals surface area contributed by atoms with Crippen LogP contribution in [0.4, 0.5) is 4.79 Å². The average Bonchev–Trinajstić information content (AvgIpc) is 3.20. The molecule has 2 aromatic carbocycles. The van der Waals surface area contributed by atoms with Crippen molar-refractivity contribution in [2.24, 2.45) is 0 Å². The van der Waals surface area contributed by atoms with Gasteiger partial charge in [-0.3, -0.25) is 0 Å². The molecule has 1 fully saturated rings. The Bertz CT molecular complexity index is 986. The Morgan fingerprint density at radius 2 is 1.94 bits per heavy atom. The molecule has 0 radical (unpaired) electrons. The summed E-state index contributed by atoms with van der Waals surface area (Å²) in [6.45, 7) is 1.86. The molecule has 1 aliphatic rings. The fourth-order valence-corrected chi connectivity index (χ4v) is 4.12. The third-order valence-corrected chi connectivity index (χ3v) is 6.04. The summed E-state index contributed by atoms with van der Waals surface area (Å²) in [5, 5.41) is 16.3. The second-order valence-electron chi connectivity index (χ2n) is 8.63. The quantitative estimate of drug-likeness (QED) is 0.485. The van der Waals surface area contributed by atoms with Crippen molar-refractivity contribution in [2.75, 3.05) is 7.11 Å². The Kier molecular flexibility index (Phi) is 6.13. The van der Waals surface area contributed by atoms with Gasteiger partial charge < -0.3 is 25.5 Å². The molecule has 7 nitrogen and oxygen atoms in total. The second-order valence-corrected chi connectivity index (χ2v) is 8.63. The number of aromatic amines is 1. The number of fused-ring (bicyclic) bond motifs is 1. The Balaban J connectivity index is 1.49. The van der Waals surface area contributed by atoms with Gasteiger partial charge in [0.2, 0.25) is 0 Å². The van der Waals surface area contributed by atoms with Crippen LogP contribution in [-0.2, 0) is 6.42 Å². The number of amides is 2. The number of imidazole rings is 1. The summed E-state index contributed by atoms with van der Waals surface area (Å²) in [4.78, 5) is 20.9. The van der Waals surface area contributed by atoms with Gasteiger partial charge in [-0.25, -0.2) is 9.78 Å². The number of ether oxygens (including phenoxy) is 1. The molecule has 1 aromatic heterocycles. The number of methoxy groups -OCH3 is 1. The monoisotopic (exact) mass is 422 g/mol. The van der Waals surface area contributed by atoms with Crippen molar-refractivity contribution in [3.8, 4) is 5.75 Å². The molecule has 1 atom stereocenters. The molecule has 0 saturated heterocycles. The van der Waals surface area contributed by atoms with Crippen LogP contribution in [0.25, 0.3) is 11.0 Å². The van der Waals surface area contributed by atoms with Crippen molar-refractivity contribution >= 4 is 17.1 Å². The SMILES string of the molecule is COc1ccc(C[C@@H](NC(=O)N[C@H]2CC[C@](C)(O)CC2)c2nc3ccccc3[nH]2)cc1. The highest BCUT2D eigenvalue weighted by Gasteiger charge is 2.30. The van der Waals surface area contributed by atoms with Gasteiger partial charge in [0.05, 0.1) is 29.8 Å². The number of urea groups is 1. The highest BCUT2D eigenvalue weighted by atomic mass is 16.5. The molecule has 31 heavy (non-hydrogen) atoms. The molecule has 0 unspecified atom stereocenters. The number of aromatic nitrogens is 2. The minimum Gasteiger partial charge on any atom is -0.497 e. The number of hydrogen-bond acceptors (Lipinski definition) is 4. The maximum Gasteiger partial charge on any atom is 0.315 e. The van der Waals surface area contributed by atoms with E-state index in [1.54, 1.807) is 7.11 Å². The first-order valence-corrected chi connectivity index (χ1v) is 10.8. The van der Waals surface area contributed by atoms with Crippen LogP contribution in [-0.4, -0.2) is 39.9 Å². The Labute approximate surface area is 182 Å². The molecule has 1 heterocycles. The lowest BCUT2D eigenvalue weighted by Gasteiger charge is -2.33. The van der Waals surface area contributed by atoms with Crippen molar-refractivity contribution < 1.29 is 14.6 Å². The topological polar surface area (TPSA) is 99.3 Å². The van der Waals surface area contributed by atoms with Crippen LogP contribution < -0.4 is 15.4 Å². The first kappa shape index (κ1) is 21.2. The summed E-state index contributed by atoms with van der Waals surface area (Å²) >= 11 is 0. The summed E-state index contributed by atoms with van der Waals surface area (Å²) in [6.07, 6.45) is 3.52. The van der Waals surface area contributed by atoms with E-state index in [0.717, 1.165) is 41.0 Å². The Morgan fingerprint density at radius 1 is 1.23 bits per heavy atom. The maximum atomic E-state index is 12.8. The van der Waals surface area contributed by atoms with Crippen LogP contribution in [0.5, 0.6) is 5.75 Å². The van der Waals surface area contributed by atoms with Crippen LogP contribution >= 0.6 is 0 Å². The number of rotatable bonds is 6. The van der Waals surface area contributed by atoms with E-state index in [0.29, 0.717) is 19.3 Å². The van der Waals surface area contributed by atoms with E-state index in [4.69, 9.17) is 9.72 Å². The van der Waals surface area contributed by atoms with Crippen LogP contribution in [0.2, 0.25) is 0 Å². The summed E-state index contributed by atoms with van der Waals surface area (Å²) in [6, 6.07) is 15.2. The highest BCUT2D eigenvalue weighted by Crippen LogP contribution is 2.28. The normalized spacial score (nSPS) is 22.1. The molecule has 3 aromatic rings. The molecule has 1 aliphatic carbocycles. The first-order chi connectivity index (χ1) is 14.9. The molecule has 2 amide bonds. The lowest BCUT2D eigenvalue weighted by molar-refractivity contribution is 0.0151. The highest BCUT2D eigenvalue weighted by molar-refractivity contribution is 5.76. The van der Waals surface area contributed by atoms with Crippen molar-refractivity contribution in [3.63, 3.8) is 0 Å². The minimum atomic E-state index is -0.625. The lowest BCUT2D eigenvalue weighted by atomic mass is 9.84. The number of aliphatic hydroxyl groups is 1. The van der Waals surface area contributed by atoms with Crippen LogP contribution in [0.1, 0.15) is 50.0 Å². The van der Waals surface area contributed by atoms with Crippen LogP contribution in [0.3, 0.4) is 0 Å². The van der Waals surface area contributed by atoms with E-state index in [2.05, 4.69) is 15.6 Å². The molecule has 0 spiro atoms. The van der Waals surface area contributed by atoms with Gasteiger partial charge in [0.1, 0.15) is 11.6 Å². The number of hydrogen-bond donors (Lipinski definition) is 4.